The summed E-state index contributed by atoms with van der Waals surface area (Å²) < 4.78 is 0. The number of carboxylic acid groups (broad SMARTS) is 1. The average Bonchev–Trinajstić information content (AvgIpc) is 2.38. The van der Waals surface area contributed by atoms with Gasteiger partial charge in [0, 0.05) is 19.3 Å². The van der Waals surface area contributed by atoms with Gasteiger partial charge in [-0.1, -0.05) is 12.1 Å². The molecule has 0 heterocycles. The highest BCUT2D eigenvalue weighted by Gasteiger charge is 2.19. The van der Waals surface area contributed by atoms with Crippen LogP contribution in [0.4, 0.5) is 0 Å². The third-order valence-corrected chi connectivity index (χ3v) is 2.51. The minimum absolute atomic E-state index is 0.105. The van der Waals surface area contributed by atoms with Crippen molar-refractivity contribution in [2.45, 2.75) is 25.3 Å². The molecule has 1 atom stereocenters. The van der Waals surface area contributed by atoms with E-state index in [9.17, 15) is 9.59 Å². The zero-order chi connectivity index (χ0) is 14.3. The Morgan fingerprint density at radius 1 is 1.32 bits per heavy atom. The Hall–Kier alpha value is -2.48. The molecule has 1 amide bonds. The smallest absolute Gasteiger partial charge is 0.326 e. The summed E-state index contributed by atoms with van der Waals surface area (Å²) in [7, 11) is 0. The summed E-state index contributed by atoms with van der Waals surface area (Å²) in [5, 5.41) is 20.6. The lowest BCUT2D eigenvalue weighted by Gasteiger charge is -2.14. The van der Waals surface area contributed by atoms with E-state index in [0.717, 1.165) is 0 Å². The standard InChI is InChI=1S/C14H15NO4/c1-2-3-4-13(17)15-12(14(18)19)9-10-5-7-11(16)8-6-10/h1,5-8,12,16H,3-4,9H2,(H,15,17)(H,18,19)/t12-/m1/s1. The van der Waals surface area contributed by atoms with Gasteiger partial charge in [-0.3, -0.25) is 4.79 Å². The Bertz CT molecular complexity index is 487. The lowest BCUT2D eigenvalue weighted by atomic mass is 10.1. The van der Waals surface area contributed by atoms with Gasteiger partial charge in [0.15, 0.2) is 0 Å². The molecule has 1 aromatic rings. The summed E-state index contributed by atoms with van der Waals surface area (Å²) in [5.41, 5.74) is 0.711. The normalized spacial score (nSPS) is 11.3. The van der Waals surface area contributed by atoms with Crippen LogP contribution in [0.1, 0.15) is 18.4 Å². The molecule has 5 heteroatoms. The fourth-order valence-electron chi connectivity index (χ4n) is 1.52. The van der Waals surface area contributed by atoms with Gasteiger partial charge < -0.3 is 15.5 Å². The van der Waals surface area contributed by atoms with E-state index in [2.05, 4.69) is 11.2 Å². The van der Waals surface area contributed by atoms with E-state index >= 15 is 0 Å². The van der Waals surface area contributed by atoms with Crippen molar-refractivity contribution < 1.29 is 19.8 Å². The Morgan fingerprint density at radius 2 is 1.95 bits per heavy atom. The summed E-state index contributed by atoms with van der Waals surface area (Å²) in [6.45, 7) is 0. The monoisotopic (exact) mass is 261 g/mol. The Kier molecular flexibility index (Phi) is 5.42. The zero-order valence-electron chi connectivity index (χ0n) is 10.3. The van der Waals surface area contributed by atoms with Crippen LogP contribution in [0.2, 0.25) is 0 Å². The molecule has 0 radical (unpaired) electrons. The van der Waals surface area contributed by atoms with Crippen LogP contribution in [-0.2, 0) is 16.0 Å². The number of hydrogen-bond acceptors (Lipinski definition) is 3. The van der Waals surface area contributed by atoms with Crippen LogP contribution in [0.25, 0.3) is 0 Å². The van der Waals surface area contributed by atoms with E-state index in [4.69, 9.17) is 16.6 Å². The quantitative estimate of drug-likeness (QED) is 0.664. The molecule has 0 spiro atoms. The molecule has 0 fully saturated rings. The van der Waals surface area contributed by atoms with Gasteiger partial charge in [0.05, 0.1) is 0 Å². The van der Waals surface area contributed by atoms with E-state index in [-0.39, 0.29) is 30.9 Å². The van der Waals surface area contributed by atoms with Crippen LogP contribution >= 0.6 is 0 Å². The van der Waals surface area contributed by atoms with Crippen LogP contribution in [0.5, 0.6) is 5.75 Å². The number of aromatic hydroxyl groups is 1. The molecule has 5 nitrogen and oxygen atoms in total. The largest absolute Gasteiger partial charge is 0.508 e. The lowest BCUT2D eigenvalue weighted by molar-refractivity contribution is -0.141. The third kappa shape index (κ3) is 5.13. The van der Waals surface area contributed by atoms with Crippen molar-refractivity contribution in [2.75, 3.05) is 0 Å². The van der Waals surface area contributed by atoms with E-state index < -0.39 is 12.0 Å². The maximum atomic E-state index is 11.5. The Labute approximate surface area is 111 Å². The molecule has 1 rings (SSSR count). The molecular formula is C14H15NO4. The SMILES string of the molecule is C#CCCC(=O)N[C@H](Cc1ccc(O)cc1)C(=O)O. The van der Waals surface area contributed by atoms with Crippen molar-refractivity contribution >= 4 is 11.9 Å². The van der Waals surface area contributed by atoms with Crippen molar-refractivity contribution in [3.63, 3.8) is 0 Å². The topological polar surface area (TPSA) is 86.6 Å². The molecule has 0 saturated carbocycles. The fraction of sp³-hybridized carbons (Fsp3) is 0.286. The van der Waals surface area contributed by atoms with Crippen molar-refractivity contribution in [1.82, 2.24) is 5.32 Å². The van der Waals surface area contributed by atoms with E-state index in [1.165, 1.54) is 12.1 Å². The minimum atomic E-state index is -1.11. The second-order valence-electron chi connectivity index (χ2n) is 4.03. The van der Waals surface area contributed by atoms with Crippen molar-refractivity contribution in [1.29, 1.82) is 0 Å². The molecule has 0 aliphatic rings. The highest BCUT2D eigenvalue weighted by molar-refractivity contribution is 5.83. The molecule has 0 aliphatic carbocycles. The zero-order valence-corrected chi connectivity index (χ0v) is 10.3. The molecular weight excluding hydrogens is 246 g/mol. The summed E-state index contributed by atoms with van der Waals surface area (Å²) in [4.78, 5) is 22.5. The van der Waals surface area contributed by atoms with Crippen LogP contribution in [-0.4, -0.2) is 28.1 Å². The minimum Gasteiger partial charge on any atom is -0.508 e. The number of carbonyl (C=O) groups is 2. The molecule has 0 saturated heterocycles. The summed E-state index contributed by atoms with van der Waals surface area (Å²) >= 11 is 0. The summed E-state index contributed by atoms with van der Waals surface area (Å²) in [6.07, 6.45) is 5.57. The fourth-order valence-corrected chi connectivity index (χ4v) is 1.52. The number of amides is 1. The molecule has 1 aromatic carbocycles. The van der Waals surface area contributed by atoms with Gasteiger partial charge in [0.2, 0.25) is 5.91 Å². The molecule has 19 heavy (non-hydrogen) atoms. The number of nitrogens with one attached hydrogen (secondary N) is 1. The number of terminal acetylenes is 1. The summed E-state index contributed by atoms with van der Waals surface area (Å²) in [6, 6.07) is 5.15. The van der Waals surface area contributed by atoms with Gasteiger partial charge >= 0.3 is 5.97 Å². The number of carbonyl (C=O) groups excluding carboxylic acids is 1. The van der Waals surface area contributed by atoms with Gasteiger partial charge in [-0.2, -0.15) is 0 Å². The number of aliphatic carboxylic acids is 1. The second kappa shape index (κ2) is 7.07. The van der Waals surface area contributed by atoms with Gasteiger partial charge in [0.25, 0.3) is 0 Å². The highest BCUT2D eigenvalue weighted by Crippen LogP contribution is 2.11. The molecule has 100 valence electrons. The van der Waals surface area contributed by atoms with Gasteiger partial charge in [0.1, 0.15) is 11.8 Å². The maximum absolute atomic E-state index is 11.5. The first-order chi connectivity index (χ1) is 9.02. The number of phenols is 1. The number of hydrogen-bond donors (Lipinski definition) is 3. The summed E-state index contributed by atoms with van der Waals surface area (Å²) in [5.74, 6) is 0.932. The van der Waals surface area contributed by atoms with E-state index in [1.807, 2.05) is 0 Å². The molecule has 0 aliphatic heterocycles. The number of benzene rings is 1. The van der Waals surface area contributed by atoms with Crippen molar-refractivity contribution in [2.24, 2.45) is 0 Å². The molecule has 0 aromatic heterocycles. The van der Waals surface area contributed by atoms with E-state index in [0.29, 0.717) is 5.56 Å². The van der Waals surface area contributed by atoms with Crippen LogP contribution in [0, 0.1) is 12.3 Å². The first-order valence-corrected chi connectivity index (χ1v) is 5.76. The second-order valence-corrected chi connectivity index (χ2v) is 4.03. The number of phenolic OH excluding ortho intramolecular Hbond substituents is 1. The average molecular weight is 261 g/mol. The van der Waals surface area contributed by atoms with Crippen LogP contribution in [0.15, 0.2) is 24.3 Å². The van der Waals surface area contributed by atoms with Crippen LogP contribution in [0.3, 0.4) is 0 Å². The first kappa shape index (κ1) is 14.6. The van der Waals surface area contributed by atoms with Crippen LogP contribution < -0.4 is 5.32 Å². The number of rotatable bonds is 6. The lowest BCUT2D eigenvalue weighted by Crippen LogP contribution is -2.42. The third-order valence-electron chi connectivity index (χ3n) is 2.51. The maximum Gasteiger partial charge on any atom is 0.326 e. The predicted molar refractivity (Wildman–Crippen MR) is 69.4 cm³/mol. The Morgan fingerprint density at radius 3 is 2.47 bits per heavy atom. The van der Waals surface area contributed by atoms with Gasteiger partial charge in [-0.15, -0.1) is 12.3 Å². The first-order valence-electron chi connectivity index (χ1n) is 5.76. The van der Waals surface area contributed by atoms with Crippen molar-refractivity contribution in [3.05, 3.63) is 29.8 Å². The predicted octanol–water partition coefficient (Wildman–Crippen LogP) is 0.917. The molecule has 3 N–H and O–H groups in total. The highest BCUT2D eigenvalue weighted by atomic mass is 16.4. The van der Waals surface area contributed by atoms with Crippen molar-refractivity contribution in [3.8, 4) is 18.1 Å². The van der Waals surface area contributed by atoms with Gasteiger partial charge in [-0.25, -0.2) is 4.79 Å². The molecule has 0 unspecified atom stereocenters. The molecule has 0 bridgehead atoms. The number of carboxylic acids is 1. The van der Waals surface area contributed by atoms with Gasteiger partial charge in [-0.05, 0) is 17.7 Å². The Balaban J connectivity index is 2.63. The van der Waals surface area contributed by atoms with E-state index in [1.54, 1.807) is 12.1 Å².